The summed E-state index contributed by atoms with van der Waals surface area (Å²) in [6.45, 7) is 3.80. The van der Waals surface area contributed by atoms with Crippen molar-refractivity contribution in [1.29, 1.82) is 0 Å². The van der Waals surface area contributed by atoms with Crippen LogP contribution in [0.3, 0.4) is 0 Å². The quantitative estimate of drug-likeness (QED) is 0.572. The molecule has 1 aromatic carbocycles. The van der Waals surface area contributed by atoms with Gasteiger partial charge < -0.3 is 15.2 Å². The van der Waals surface area contributed by atoms with Gasteiger partial charge in [-0.05, 0) is 31.5 Å². The van der Waals surface area contributed by atoms with E-state index in [2.05, 4.69) is 0 Å². The maximum atomic E-state index is 5.74. The second kappa shape index (κ2) is 4.14. The number of methoxy groups -OCH3 is 1. The van der Waals surface area contributed by atoms with E-state index in [9.17, 15) is 0 Å². The molecule has 3 heteroatoms. The zero-order valence-corrected chi connectivity index (χ0v) is 8.20. The van der Waals surface area contributed by atoms with E-state index >= 15 is 0 Å². The third-order valence-corrected chi connectivity index (χ3v) is 1.79. The second-order valence-electron chi connectivity index (χ2n) is 2.96. The molecule has 0 aliphatic heterocycles. The van der Waals surface area contributed by atoms with E-state index in [1.54, 1.807) is 7.11 Å². The summed E-state index contributed by atoms with van der Waals surface area (Å²) in [5, 5.41) is 0. The van der Waals surface area contributed by atoms with Gasteiger partial charge in [0.15, 0.2) is 6.29 Å². The van der Waals surface area contributed by atoms with Crippen molar-refractivity contribution < 1.29 is 9.47 Å². The number of rotatable bonds is 3. The van der Waals surface area contributed by atoms with Crippen LogP contribution < -0.4 is 10.5 Å². The van der Waals surface area contributed by atoms with Crippen LogP contribution in [0.15, 0.2) is 18.2 Å². The first-order chi connectivity index (χ1) is 6.13. The third kappa shape index (κ3) is 2.63. The van der Waals surface area contributed by atoms with Crippen molar-refractivity contribution in [3.63, 3.8) is 0 Å². The molecule has 0 saturated carbocycles. The molecular weight excluding hydrogens is 166 g/mol. The summed E-state index contributed by atoms with van der Waals surface area (Å²) in [6.07, 6.45) is -0.273. The van der Waals surface area contributed by atoms with Crippen molar-refractivity contribution in [2.45, 2.75) is 20.1 Å². The second-order valence-corrected chi connectivity index (χ2v) is 2.96. The van der Waals surface area contributed by atoms with Gasteiger partial charge in [-0.2, -0.15) is 0 Å². The Bertz CT molecular complexity index is 286. The van der Waals surface area contributed by atoms with Crippen LogP contribution in [-0.4, -0.2) is 13.4 Å². The summed E-state index contributed by atoms with van der Waals surface area (Å²) >= 11 is 0. The molecule has 0 aliphatic rings. The Hall–Kier alpha value is -1.22. The van der Waals surface area contributed by atoms with Crippen LogP contribution in [0.1, 0.15) is 12.5 Å². The summed E-state index contributed by atoms with van der Waals surface area (Å²) in [5.74, 6) is 0.667. The minimum absolute atomic E-state index is 0.273. The minimum Gasteiger partial charge on any atom is -0.463 e. The van der Waals surface area contributed by atoms with Gasteiger partial charge in [0, 0.05) is 7.11 Å². The van der Waals surface area contributed by atoms with Gasteiger partial charge >= 0.3 is 0 Å². The zero-order chi connectivity index (χ0) is 9.84. The molecule has 0 saturated heterocycles. The fourth-order valence-corrected chi connectivity index (χ4v) is 1.00. The average molecular weight is 181 g/mol. The predicted octanol–water partition coefficient (Wildman–Crippen LogP) is 1.95. The summed E-state index contributed by atoms with van der Waals surface area (Å²) in [4.78, 5) is 0. The topological polar surface area (TPSA) is 44.5 Å². The van der Waals surface area contributed by atoms with Crippen molar-refractivity contribution in [2.75, 3.05) is 12.8 Å². The largest absolute Gasteiger partial charge is 0.463 e. The Morgan fingerprint density at radius 2 is 2.08 bits per heavy atom. The van der Waals surface area contributed by atoms with Gasteiger partial charge in [-0.1, -0.05) is 6.07 Å². The lowest BCUT2D eigenvalue weighted by molar-refractivity contribution is -0.0378. The molecule has 0 radical (unpaired) electrons. The predicted molar refractivity (Wildman–Crippen MR) is 52.7 cm³/mol. The first-order valence-electron chi connectivity index (χ1n) is 4.19. The van der Waals surface area contributed by atoms with Crippen LogP contribution in [0.4, 0.5) is 5.69 Å². The molecule has 1 atom stereocenters. The minimum atomic E-state index is -0.273. The normalized spacial score (nSPS) is 12.5. The van der Waals surface area contributed by atoms with Gasteiger partial charge in [0.1, 0.15) is 5.75 Å². The Labute approximate surface area is 78.5 Å². The number of hydrogen-bond acceptors (Lipinski definition) is 3. The molecule has 0 heterocycles. The van der Waals surface area contributed by atoms with Gasteiger partial charge in [-0.25, -0.2) is 0 Å². The SMILES string of the molecule is COC(C)Oc1ccc(C)cc1N. The molecule has 72 valence electrons. The number of aryl methyl sites for hydroxylation is 1. The van der Waals surface area contributed by atoms with E-state index < -0.39 is 0 Å². The highest BCUT2D eigenvalue weighted by molar-refractivity contribution is 5.54. The van der Waals surface area contributed by atoms with Crippen LogP contribution in [0.25, 0.3) is 0 Å². The van der Waals surface area contributed by atoms with Crippen molar-refractivity contribution in [2.24, 2.45) is 0 Å². The smallest absolute Gasteiger partial charge is 0.196 e. The van der Waals surface area contributed by atoms with Crippen LogP contribution in [0.2, 0.25) is 0 Å². The molecule has 0 fully saturated rings. The van der Waals surface area contributed by atoms with Gasteiger partial charge in [-0.3, -0.25) is 0 Å². The Morgan fingerprint density at radius 1 is 1.38 bits per heavy atom. The fraction of sp³-hybridized carbons (Fsp3) is 0.400. The molecular formula is C10H15NO2. The molecule has 1 rings (SSSR count). The third-order valence-electron chi connectivity index (χ3n) is 1.79. The standard InChI is InChI=1S/C10H15NO2/c1-7-4-5-10(9(11)6-7)13-8(2)12-3/h4-6,8H,11H2,1-3H3. The van der Waals surface area contributed by atoms with Crippen LogP contribution in [0, 0.1) is 6.92 Å². The first kappa shape index (κ1) is 9.86. The molecule has 0 amide bonds. The molecule has 2 N–H and O–H groups in total. The lowest BCUT2D eigenvalue weighted by atomic mass is 10.2. The van der Waals surface area contributed by atoms with E-state index in [1.165, 1.54) is 0 Å². The fourth-order valence-electron chi connectivity index (χ4n) is 1.00. The molecule has 13 heavy (non-hydrogen) atoms. The summed E-state index contributed by atoms with van der Waals surface area (Å²) in [7, 11) is 1.59. The van der Waals surface area contributed by atoms with Crippen LogP contribution in [0.5, 0.6) is 5.75 Å². The Kier molecular flexibility index (Phi) is 3.14. The van der Waals surface area contributed by atoms with Gasteiger partial charge in [0.2, 0.25) is 0 Å². The molecule has 0 aliphatic carbocycles. The van der Waals surface area contributed by atoms with Crippen molar-refractivity contribution in [1.82, 2.24) is 0 Å². The number of hydrogen-bond donors (Lipinski definition) is 1. The van der Waals surface area contributed by atoms with Crippen LogP contribution >= 0.6 is 0 Å². The Morgan fingerprint density at radius 3 is 2.62 bits per heavy atom. The van der Waals surface area contributed by atoms with E-state index in [0.717, 1.165) is 5.56 Å². The number of ether oxygens (including phenoxy) is 2. The number of nitrogens with two attached hydrogens (primary N) is 1. The first-order valence-corrected chi connectivity index (χ1v) is 4.19. The summed E-state index contributed by atoms with van der Waals surface area (Å²) in [5.41, 5.74) is 7.51. The molecule has 1 aromatic rings. The van der Waals surface area contributed by atoms with Crippen molar-refractivity contribution in [3.05, 3.63) is 23.8 Å². The van der Waals surface area contributed by atoms with E-state index in [1.807, 2.05) is 32.0 Å². The molecule has 3 nitrogen and oxygen atoms in total. The summed E-state index contributed by atoms with van der Waals surface area (Å²) in [6, 6.07) is 5.67. The van der Waals surface area contributed by atoms with Gasteiger partial charge in [0.25, 0.3) is 0 Å². The number of benzene rings is 1. The number of nitrogen functional groups attached to an aromatic ring is 1. The van der Waals surface area contributed by atoms with E-state index in [4.69, 9.17) is 15.2 Å². The lowest BCUT2D eigenvalue weighted by Gasteiger charge is -2.14. The monoisotopic (exact) mass is 181 g/mol. The Balaban J connectivity index is 2.77. The average Bonchev–Trinajstić information content (AvgIpc) is 2.09. The highest BCUT2D eigenvalue weighted by Gasteiger charge is 2.04. The highest BCUT2D eigenvalue weighted by Crippen LogP contribution is 2.23. The van der Waals surface area contributed by atoms with Gasteiger partial charge in [-0.15, -0.1) is 0 Å². The van der Waals surface area contributed by atoms with E-state index in [-0.39, 0.29) is 6.29 Å². The maximum absolute atomic E-state index is 5.74. The maximum Gasteiger partial charge on any atom is 0.196 e. The summed E-state index contributed by atoms with van der Waals surface area (Å²) < 4.78 is 10.4. The van der Waals surface area contributed by atoms with Crippen molar-refractivity contribution in [3.8, 4) is 5.75 Å². The highest BCUT2D eigenvalue weighted by atomic mass is 16.7. The lowest BCUT2D eigenvalue weighted by Crippen LogP contribution is -2.14. The molecule has 0 aromatic heterocycles. The molecule has 1 unspecified atom stereocenters. The molecule has 0 bridgehead atoms. The van der Waals surface area contributed by atoms with Crippen LogP contribution in [-0.2, 0) is 4.74 Å². The zero-order valence-electron chi connectivity index (χ0n) is 8.20. The molecule has 0 spiro atoms. The van der Waals surface area contributed by atoms with Crippen molar-refractivity contribution >= 4 is 5.69 Å². The number of anilines is 1. The van der Waals surface area contributed by atoms with E-state index in [0.29, 0.717) is 11.4 Å². The van der Waals surface area contributed by atoms with Gasteiger partial charge in [0.05, 0.1) is 5.69 Å².